The van der Waals surface area contributed by atoms with Crippen molar-refractivity contribution in [3.8, 4) is 11.1 Å². The van der Waals surface area contributed by atoms with Crippen LogP contribution in [-0.2, 0) is 19.1 Å². The highest BCUT2D eigenvalue weighted by molar-refractivity contribution is 6.42. The number of anilines is 2. The third kappa shape index (κ3) is 8.46. The molecule has 224 valence electrons. The number of hydrogen-bond acceptors (Lipinski definition) is 6. The van der Waals surface area contributed by atoms with Gasteiger partial charge in [-0.25, -0.2) is 0 Å². The number of halogens is 2. The fraction of sp³-hybridized carbons (Fsp3) is 0.375. The lowest BCUT2D eigenvalue weighted by atomic mass is 9.98. The zero-order valence-corrected chi connectivity index (χ0v) is 25.8. The van der Waals surface area contributed by atoms with Crippen molar-refractivity contribution in [2.24, 2.45) is 0 Å². The van der Waals surface area contributed by atoms with E-state index in [1.54, 1.807) is 19.2 Å². The van der Waals surface area contributed by atoms with Crippen LogP contribution in [0, 0.1) is 0 Å². The summed E-state index contributed by atoms with van der Waals surface area (Å²) in [6, 6.07) is 21.1. The van der Waals surface area contributed by atoms with Crippen LogP contribution in [-0.4, -0.2) is 88.3 Å². The second kappa shape index (κ2) is 15.4. The molecule has 1 saturated heterocycles. The number of carbonyl (C=O) groups excluding carboxylic acids is 2. The molecule has 2 amide bonds. The number of nitrogens with one attached hydrogen (secondary N) is 1. The Bertz CT molecular complexity index is 1350. The van der Waals surface area contributed by atoms with Crippen molar-refractivity contribution in [3.05, 3.63) is 82.3 Å². The maximum absolute atomic E-state index is 13.8. The van der Waals surface area contributed by atoms with Gasteiger partial charge < -0.3 is 24.6 Å². The quantitative estimate of drug-likeness (QED) is 0.287. The van der Waals surface area contributed by atoms with E-state index in [2.05, 4.69) is 22.3 Å². The first-order chi connectivity index (χ1) is 20.3. The molecule has 1 N–H and O–H groups in total. The highest BCUT2D eigenvalue weighted by Crippen LogP contribution is 2.31. The van der Waals surface area contributed by atoms with Gasteiger partial charge in [0.15, 0.2) is 0 Å². The van der Waals surface area contributed by atoms with E-state index in [1.807, 2.05) is 59.3 Å². The number of para-hydroxylation sites is 1. The van der Waals surface area contributed by atoms with Gasteiger partial charge in [-0.15, -0.1) is 0 Å². The van der Waals surface area contributed by atoms with Gasteiger partial charge >= 0.3 is 0 Å². The van der Waals surface area contributed by atoms with Gasteiger partial charge in [0.25, 0.3) is 0 Å². The van der Waals surface area contributed by atoms with E-state index >= 15 is 0 Å². The predicted molar refractivity (Wildman–Crippen MR) is 170 cm³/mol. The number of rotatable bonds is 12. The number of benzene rings is 3. The zero-order chi connectivity index (χ0) is 30.1. The molecule has 1 fully saturated rings. The largest absolute Gasteiger partial charge is 0.383 e. The Morgan fingerprint density at radius 2 is 1.74 bits per heavy atom. The number of hydrogen-bond donors (Lipinski definition) is 1. The van der Waals surface area contributed by atoms with E-state index in [9.17, 15) is 9.59 Å². The number of morpholine rings is 1. The van der Waals surface area contributed by atoms with Crippen molar-refractivity contribution in [3.63, 3.8) is 0 Å². The number of nitrogens with zero attached hydrogens (tertiary/aromatic N) is 3. The lowest BCUT2D eigenvalue weighted by Crippen LogP contribution is -2.46. The Kier molecular flexibility index (Phi) is 11.6. The average molecular weight is 614 g/mol. The lowest BCUT2D eigenvalue weighted by Gasteiger charge is -2.36. The molecule has 0 spiro atoms. The van der Waals surface area contributed by atoms with Crippen molar-refractivity contribution < 1.29 is 19.1 Å². The SMILES string of the molecule is COCCN(CC(=O)N(C)C(CN1CCOCC1)c1ccc(-c2ccccc2NC(C)=O)cc1)c1ccc(Cl)c(Cl)c1. The first-order valence-corrected chi connectivity index (χ1v) is 14.7. The summed E-state index contributed by atoms with van der Waals surface area (Å²) in [5.74, 6) is -0.152. The molecule has 0 bridgehead atoms. The summed E-state index contributed by atoms with van der Waals surface area (Å²) < 4.78 is 10.9. The zero-order valence-electron chi connectivity index (χ0n) is 24.3. The normalized spacial score (nSPS) is 14.3. The van der Waals surface area contributed by atoms with Gasteiger partial charge in [-0.05, 0) is 35.4 Å². The monoisotopic (exact) mass is 612 g/mol. The number of amides is 2. The Morgan fingerprint density at radius 3 is 2.40 bits per heavy atom. The Labute approximate surface area is 258 Å². The third-order valence-corrected chi connectivity index (χ3v) is 8.14. The highest BCUT2D eigenvalue weighted by Gasteiger charge is 2.27. The number of carbonyl (C=O) groups is 2. The van der Waals surface area contributed by atoms with E-state index in [4.69, 9.17) is 32.7 Å². The van der Waals surface area contributed by atoms with Gasteiger partial charge in [-0.3, -0.25) is 14.5 Å². The minimum Gasteiger partial charge on any atom is -0.383 e. The summed E-state index contributed by atoms with van der Waals surface area (Å²) >= 11 is 12.4. The van der Waals surface area contributed by atoms with Gasteiger partial charge in [0.1, 0.15) is 0 Å². The first kappa shape index (κ1) is 31.8. The van der Waals surface area contributed by atoms with Crippen LogP contribution in [0.2, 0.25) is 10.0 Å². The smallest absolute Gasteiger partial charge is 0.242 e. The minimum absolute atomic E-state index is 0.0319. The van der Waals surface area contributed by atoms with Crippen LogP contribution in [0.25, 0.3) is 11.1 Å². The fourth-order valence-electron chi connectivity index (χ4n) is 5.03. The summed E-state index contributed by atoms with van der Waals surface area (Å²) in [4.78, 5) is 31.7. The third-order valence-electron chi connectivity index (χ3n) is 7.40. The van der Waals surface area contributed by atoms with Crippen molar-refractivity contribution >= 4 is 46.4 Å². The Balaban J connectivity index is 1.59. The molecule has 1 atom stereocenters. The molecule has 1 aliphatic rings. The maximum atomic E-state index is 13.8. The summed E-state index contributed by atoms with van der Waals surface area (Å²) in [5, 5.41) is 3.81. The van der Waals surface area contributed by atoms with Crippen LogP contribution >= 0.6 is 23.2 Å². The van der Waals surface area contributed by atoms with Gasteiger partial charge in [-0.1, -0.05) is 65.7 Å². The Hall–Kier alpha value is -3.14. The molecule has 0 aliphatic carbocycles. The molecule has 10 heteroatoms. The molecule has 3 aromatic rings. The van der Waals surface area contributed by atoms with Gasteiger partial charge in [-0.2, -0.15) is 0 Å². The van der Waals surface area contributed by atoms with Crippen LogP contribution in [0.5, 0.6) is 0 Å². The molecule has 1 aliphatic heterocycles. The minimum atomic E-state index is -0.187. The second-order valence-electron chi connectivity index (χ2n) is 10.3. The molecule has 0 saturated carbocycles. The molecular weight excluding hydrogens is 575 g/mol. The molecule has 1 heterocycles. The van der Waals surface area contributed by atoms with Gasteiger partial charge in [0, 0.05) is 64.2 Å². The molecule has 8 nitrogen and oxygen atoms in total. The van der Waals surface area contributed by atoms with Crippen molar-refractivity contribution in [2.75, 3.05) is 76.9 Å². The highest BCUT2D eigenvalue weighted by atomic mass is 35.5. The topological polar surface area (TPSA) is 74.3 Å². The molecule has 42 heavy (non-hydrogen) atoms. The van der Waals surface area contributed by atoms with E-state index in [1.165, 1.54) is 6.92 Å². The molecular formula is C32H38Cl2N4O4. The van der Waals surface area contributed by atoms with E-state index in [-0.39, 0.29) is 24.4 Å². The number of methoxy groups -OCH3 is 1. The maximum Gasteiger partial charge on any atom is 0.242 e. The molecule has 4 rings (SSSR count). The van der Waals surface area contributed by atoms with Crippen LogP contribution in [0.15, 0.2) is 66.7 Å². The summed E-state index contributed by atoms with van der Waals surface area (Å²) in [5.41, 5.74) is 4.50. The number of likely N-dealkylation sites (N-methyl/N-ethyl adjacent to an activating group) is 1. The summed E-state index contributed by atoms with van der Waals surface area (Å²) in [6.45, 7) is 6.27. The van der Waals surface area contributed by atoms with Gasteiger partial charge in [0.05, 0.1) is 42.5 Å². The first-order valence-electron chi connectivity index (χ1n) is 14.0. The molecule has 1 unspecified atom stereocenters. The lowest BCUT2D eigenvalue weighted by molar-refractivity contribution is -0.131. The standard InChI is InChI=1S/C32H38Cl2N4O4/c1-23(39)35-30-7-5-4-6-27(30)24-8-10-25(11-9-24)31(21-37-14-18-42-19-15-37)36(2)32(40)22-38(16-17-41-3)26-12-13-28(33)29(34)20-26/h4-13,20,31H,14-19,21-22H2,1-3H3,(H,35,39). The molecule has 0 radical (unpaired) electrons. The predicted octanol–water partition coefficient (Wildman–Crippen LogP) is 5.60. The van der Waals surface area contributed by atoms with Crippen LogP contribution in [0.3, 0.4) is 0 Å². The molecule has 3 aromatic carbocycles. The van der Waals surface area contributed by atoms with Crippen LogP contribution in [0.4, 0.5) is 11.4 Å². The fourth-order valence-corrected chi connectivity index (χ4v) is 5.32. The van der Waals surface area contributed by atoms with E-state index < -0.39 is 0 Å². The second-order valence-corrected chi connectivity index (χ2v) is 11.1. The average Bonchev–Trinajstić information content (AvgIpc) is 2.99. The van der Waals surface area contributed by atoms with Crippen molar-refractivity contribution in [1.29, 1.82) is 0 Å². The van der Waals surface area contributed by atoms with Crippen molar-refractivity contribution in [1.82, 2.24) is 9.80 Å². The summed E-state index contributed by atoms with van der Waals surface area (Å²) in [7, 11) is 3.49. The Morgan fingerprint density at radius 1 is 1.02 bits per heavy atom. The van der Waals surface area contributed by atoms with E-state index in [0.29, 0.717) is 43.0 Å². The van der Waals surface area contributed by atoms with Crippen LogP contribution < -0.4 is 10.2 Å². The number of ether oxygens (including phenoxy) is 2. The van der Waals surface area contributed by atoms with Gasteiger partial charge in [0.2, 0.25) is 11.8 Å². The van der Waals surface area contributed by atoms with Crippen molar-refractivity contribution in [2.45, 2.75) is 13.0 Å². The van der Waals surface area contributed by atoms with Crippen LogP contribution in [0.1, 0.15) is 18.5 Å². The molecule has 0 aromatic heterocycles. The summed E-state index contributed by atoms with van der Waals surface area (Å²) in [6.07, 6.45) is 0. The van der Waals surface area contributed by atoms with E-state index in [0.717, 1.165) is 41.2 Å².